The Kier molecular flexibility index (Phi) is 4.30. The molecular formula is C11H12N4O3S2. The molecule has 0 aliphatic carbocycles. The van der Waals surface area contributed by atoms with E-state index < -0.39 is 10.0 Å². The number of nitrogens with one attached hydrogen (secondary N) is 2. The number of benzene rings is 1. The van der Waals surface area contributed by atoms with Crippen LogP contribution in [0, 0.1) is 0 Å². The molecule has 2 rings (SSSR count). The largest absolute Gasteiger partial charge is 0.329 e. The number of anilines is 2. The number of aryl methyl sites for hydroxylation is 1. The van der Waals surface area contributed by atoms with Crippen LogP contribution in [0.4, 0.5) is 10.8 Å². The molecule has 9 heteroatoms. The van der Waals surface area contributed by atoms with Gasteiger partial charge in [-0.15, -0.1) is 10.2 Å². The van der Waals surface area contributed by atoms with E-state index in [0.29, 0.717) is 18.5 Å². The average Bonchev–Trinajstić information content (AvgIpc) is 2.87. The van der Waals surface area contributed by atoms with Gasteiger partial charge in [0.25, 0.3) is 10.0 Å². The predicted octanol–water partition coefficient (Wildman–Crippen LogP) is 1.47. The number of amides is 1. The zero-order valence-electron chi connectivity index (χ0n) is 10.5. The van der Waals surface area contributed by atoms with Gasteiger partial charge >= 0.3 is 0 Å². The zero-order valence-corrected chi connectivity index (χ0v) is 12.2. The van der Waals surface area contributed by atoms with Gasteiger partial charge in [-0.05, 0) is 30.7 Å². The minimum absolute atomic E-state index is 0.0854. The van der Waals surface area contributed by atoms with Crippen molar-refractivity contribution in [1.82, 2.24) is 10.2 Å². The molecule has 1 aromatic carbocycles. The normalized spacial score (nSPS) is 11.1. The fourth-order valence-corrected chi connectivity index (χ4v) is 3.32. The third-order valence-corrected chi connectivity index (χ3v) is 4.85. The van der Waals surface area contributed by atoms with E-state index in [-0.39, 0.29) is 10.0 Å². The first-order valence-electron chi connectivity index (χ1n) is 5.70. The van der Waals surface area contributed by atoms with Gasteiger partial charge in [0.15, 0.2) is 0 Å². The van der Waals surface area contributed by atoms with Gasteiger partial charge in [-0.1, -0.05) is 18.3 Å². The van der Waals surface area contributed by atoms with Gasteiger partial charge in [-0.25, -0.2) is 8.42 Å². The molecule has 106 valence electrons. The lowest BCUT2D eigenvalue weighted by atomic mass is 10.3. The van der Waals surface area contributed by atoms with Crippen molar-refractivity contribution < 1.29 is 13.2 Å². The Morgan fingerprint density at radius 3 is 2.50 bits per heavy atom. The molecule has 2 N–H and O–H groups in total. The summed E-state index contributed by atoms with van der Waals surface area (Å²) in [6.45, 7) is 1.91. The maximum Gasteiger partial charge on any atom is 0.263 e. The van der Waals surface area contributed by atoms with Crippen LogP contribution in [0.2, 0.25) is 0 Å². The summed E-state index contributed by atoms with van der Waals surface area (Å²) in [4.78, 5) is 10.4. The molecule has 0 bridgehead atoms. The Bertz CT molecular complexity index is 695. The number of hydrogen-bond donors (Lipinski definition) is 2. The van der Waals surface area contributed by atoms with Gasteiger partial charge in [0.05, 0.1) is 4.90 Å². The van der Waals surface area contributed by atoms with Gasteiger partial charge in [0, 0.05) is 5.69 Å². The van der Waals surface area contributed by atoms with Crippen LogP contribution < -0.4 is 10.0 Å². The van der Waals surface area contributed by atoms with Crippen molar-refractivity contribution in [3.63, 3.8) is 0 Å². The number of sulfonamides is 1. The predicted molar refractivity (Wildman–Crippen MR) is 76.2 cm³/mol. The van der Waals surface area contributed by atoms with Crippen LogP contribution in [-0.4, -0.2) is 25.0 Å². The van der Waals surface area contributed by atoms with E-state index in [9.17, 15) is 13.2 Å². The lowest BCUT2D eigenvalue weighted by molar-refractivity contribution is -0.105. The number of hydrogen-bond acceptors (Lipinski definition) is 6. The minimum Gasteiger partial charge on any atom is -0.329 e. The Labute approximate surface area is 120 Å². The summed E-state index contributed by atoms with van der Waals surface area (Å²) < 4.78 is 26.6. The van der Waals surface area contributed by atoms with E-state index >= 15 is 0 Å². The van der Waals surface area contributed by atoms with Gasteiger partial charge in [-0.3, -0.25) is 9.52 Å². The highest BCUT2D eigenvalue weighted by Crippen LogP contribution is 2.21. The lowest BCUT2D eigenvalue weighted by Gasteiger charge is -2.05. The van der Waals surface area contributed by atoms with Crippen molar-refractivity contribution in [3.8, 4) is 0 Å². The van der Waals surface area contributed by atoms with Crippen LogP contribution in [0.15, 0.2) is 29.2 Å². The van der Waals surface area contributed by atoms with E-state index in [0.717, 1.165) is 5.01 Å². The maximum atomic E-state index is 12.1. The summed E-state index contributed by atoms with van der Waals surface area (Å²) in [5.41, 5.74) is 0.517. The van der Waals surface area contributed by atoms with Crippen LogP contribution in [0.5, 0.6) is 0 Å². The molecule has 0 saturated heterocycles. The van der Waals surface area contributed by atoms with Crippen molar-refractivity contribution in [1.29, 1.82) is 0 Å². The average molecular weight is 312 g/mol. The molecule has 0 aliphatic heterocycles. The first-order chi connectivity index (χ1) is 9.55. The summed E-state index contributed by atoms with van der Waals surface area (Å²) in [5.74, 6) is 0. The summed E-state index contributed by atoms with van der Waals surface area (Å²) in [5, 5.41) is 11.0. The van der Waals surface area contributed by atoms with Crippen LogP contribution in [-0.2, 0) is 21.2 Å². The van der Waals surface area contributed by atoms with Crippen LogP contribution in [0.3, 0.4) is 0 Å². The highest BCUT2D eigenvalue weighted by molar-refractivity contribution is 7.93. The number of carbonyl (C=O) groups is 1. The van der Waals surface area contributed by atoms with E-state index in [2.05, 4.69) is 20.2 Å². The Morgan fingerprint density at radius 2 is 1.95 bits per heavy atom. The zero-order chi connectivity index (χ0) is 14.6. The molecule has 20 heavy (non-hydrogen) atoms. The number of nitrogens with zero attached hydrogens (tertiary/aromatic N) is 2. The standard InChI is InChI=1S/C11H12N4O3S2/c1-2-10-13-14-11(19-10)15-20(17,18)9-5-3-8(4-6-9)12-7-16/h3-7H,2H2,1H3,(H,12,16)(H,14,15). The molecule has 1 aromatic heterocycles. The van der Waals surface area contributed by atoms with Gasteiger partial charge in [-0.2, -0.15) is 0 Å². The summed E-state index contributed by atoms with van der Waals surface area (Å²) in [6.07, 6.45) is 1.22. The Hall–Kier alpha value is -2.00. The molecule has 0 fully saturated rings. The molecule has 0 unspecified atom stereocenters. The molecule has 1 heterocycles. The molecular weight excluding hydrogens is 300 g/mol. The summed E-state index contributed by atoms with van der Waals surface area (Å²) in [6, 6.07) is 5.80. The maximum absolute atomic E-state index is 12.1. The van der Waals surface area contributed by atoms with Gasteiger partial charge < -0.3 is 5.32 Å². The fourth-order valence-electron chi connectivity index (χ4n) is 1.41. The number of aromatic nitrogens is 2. The highest BCUT2D eigenvalue weighted by Gasteiger charge is 2.16. The second kappa shape index (κ2) is 5.97. The molecule has 0 spiro atoms. The first-order valence-corrected chi connectivity index (χ1v) is 8.00. The van der Waals surface area contributed by atoms with E-state index in [4.69, 9.17) is 0 Å². The van der Waals surface area contributed by atoms with E-state index in [1.165, 1.54) is 35.6 Å². The van der Waals surface area contributed by atoms with Crippen molar-refractivity contribution >= 4 is 38.6 Å². The monoisotopic (exact) mass is 312 g/mol. The first kappa shape index (κ1) is 14.4. The van der Waals surface area contributed by atoms with E-state index in [1.807, 2.05) is 6.92 Å². The number of carbonyl (C=O) groups excluding carboxylic acids is 1. The molecule has 7 nitrogen and oxygen atoms in total. The van der Waals surface area contributed by atoms with Crippen molar-refractivity contribution in [3.05, 3.63) is 29.3 Å². The van der Waals surface area contributed by atoms with Gasteiger partial charge in [0.1, 0.15) is 5.01 Å². The summed E-state index contributed by atoms with van der Waals surface area (Å²) in [7, 11) is -3.70. The van der Waals surface area contributed by atoms with E-state index in [1.54, 1.807) is 0 Å². The lowest BCUT2D eigenvalue weighted by Crippen LogP contribution is -2.12. The second-order valence-corrected chi connectivity index (χ2v) is 6.49. The molecule has 0 aliphatic rings. The van der Waals surface area contributed by atoms with Crippen LogP contribution in [0.25, 0.3) is 0 Å². The summed E-state index contributed by atoms with van der Waals surface area (Å²) >= 11 is 1.19. The molecule has 2 aromatic rings. The van der Waals surface area contributed by atoms with Crippen LogP contribution >= 0.6 is 11.3 Å². The molecule has 0 saturated carbocycles. The molecule has 0 atom stereocenters. The quantitative estimate of drug-likeness (QED) is 0.787. The topological polar surface area (TPSA) is 101 Å². The Balaban J connectivity index is 2.19. The van der Waals surface area contributed by atoms with Crippen molar-refractivity contribution in [2.75, 3.05) is 10.0 Å². The Morgan fingerprint density at radius 1 is 1.25 bits per heavy atom. The van der Waals surface area contributed by atoms with Crippen molar-refractivity contribution in [2.24, 2.45) is 0 Å². The second-order valence-electron chi connectivity index (χ2n) is 3.75. The minimum atomic E-state index is -3.70. The third kappa shape index (κ3) is 3.31. The third-order valence-electron chi connectivity index (χ3n) is 2.38. The van der Waals surface area contributed by atoms with Crippen LogP contribution in [0.1, 0.15) is 11.9 Å². The molecule has 1 amide bonds. The van der Waals surface area contributed by atoms with Gasteiger partial charge in [0.2, 0.25) is 11.5 Å². The number of rotatable bonds is 6. The fraction of sp³-hybridized carbons (Fsp3) is 0.182. The highest BCUT2D eigenvalue weighted by atomic mass is 32.2. The van der Waals surface area contributed by atoms with Crippen molar-refractivity contribution in [2.45, 2.75) is 18.2 Å². The smallest absolute Gasteiger partial charge is 0.263 e. The molecule has 0 radical (unpaired) electrons. The SMILES string of the molecule is CCc1nnc(NS(=O)(=O)c2ccc(NC=O)cc2)s1.